The maximum Gasteiger partial charge on any atom is 0.352 e. The van der Waals surface area contributed by atoms with Gasteiger partial charge in [0.05, 0.1) is 5.56 Å². The highest BCUT2D eigenvalue weighted by molar-refractivity contribution is 8.01. The van der Waals surface area contributed by atoms with Gasteiger partial charge in [0, 0.05) is 11.5 Å². The number of amides is 3. The number of carbonyl (C=O) groups is 4. The first-order chi connectivity index (χ1) is 19.7. The molecule has 0 spiro atoms. The van der Waals surface area contributed by atoms with E-state index in [9.17, 15) is 34.5 Å². The van der Waals surface area contributed by atoms with Gasteiger partial charge in [-0.25, -0.2) is 4.79 Å². The lowest BCUT2D eigenvalue weighted by Gasteiger charge is -2.49. The molecule has 2 unspecified atom stereocenters. The van der Waals surface area contributed by atoms with E-state index in [-0.39, 0.29) is 11.3 Å². The van der Waals surface area contributed by atoms with Crippen molar-refractivity contribution in [2.75, 3.05) is 11.5 Å². The van der Waals surface area contributed by atoms with Gasteiger partial charge in [-0.1, -0.05) is 59.5 Å². The van der Waals surface area contributed by atoms with Gasteiger partial charge in [0.25, 0.3) is 11.8 Å². The summed E-state index contributed by atoms with van der Waals surface area (Å²) in [4.78, 5) is 53.0. The fourth-order valence-electron chi connectivity index (χ4n) is 4.39. The Balaban J connectivity index is 1.33. The summed E-state index contributed by atoms with van der Waals surface area (Å²) in [6.07, 6.45) is 0. The van der Waals surface area contributed by atoms with Crippen LogP contribution in [0.15, 0.2) is 64.1 Å². The molecule has 1 fully saturated rings. The summed E-state index contributed by atoms with van der Waals surface area (Å²) in [6, 6.07) is 9.92. The predicted molar refractivity (Wildman–Crippen MR) is 151 cm³/mol. The number of carboxylic acids is 1. The molecule has 5 N–H and O–H groups in total. The molecular formula is C26H23N5O7S3. The van der Waals surface area contributed by atoms with Crippen molar-refractivity contribution in [2.24, 2.45) is 0 Å². The average molecular weight is 614 g/mol. The number of aromatic nitrogens is 2. The van der Waals surface area contributed by atoms with Crippen molar-refractivity contribution in [3.8, 4) is 11.5 Å². The van der Waals surface area contributed by atoms with Gasteiger partial charge in [-0.15, -0.1) is 22.0 Å². The molecule has 3 heterocycles. The minimum absolute atomic E-state index is 0.106. The van der Waals surface area contributed by atoms with Crippen LogP contribution < -0.4 is 10.6 Å². The summed E-state index contributed by atoms with van der Waals surface area (Å²) in [5.74, 6) is -3.81. The molecule has 212 valence electrons. The summed E-state index contributed by atoms with van der Waals surface area (Å²) >= 11 is 4.07. The first-order valence-corrected chi connectivity index (χ1v) is 15.0. The van der Waals surface area contributed by atoms with Crippen molar-refractivity contribution in [2.45, 2.75) is 28.7 Å². The van der Waals surface area contributed by atoms with Crippen molar-refractivity contribution in [3.63, 3.8) is 0 Å². The van der Waals surface area contributed by atoms with E-state index in [1.165, 1.54) is 58.0 Å². The number of benzene rings is 2. The zero-order valence-corrected chi connectivity index (χ0v) is 23.8. The Morgan fingerprint density at radius 2 is 1.88 bits per heavy atom. The highest BCUT2D eigenvalue weighted by Gasteiger charge is 2.54. The zero-order chi connectivity index (χ0) is 29.3. The summed E-state index contributed by atoms with van der Waals surface area (Å²) in [5.41, 5.74) is 0.633. The molecule has 0 bridgehead atoms. The number of carboxylic acid groups (broad SMARTS) is 1. The fraction of sp³-hybridized carbons (Fsp3) is 0.231. The summed E-state index contributed by atoms with van der Waals surface area (Å²) in [5, 5.41) is 43.2. The van der Waals surface area contributed by atoms with E-state index in [0.717, 1.165) is 5.01 Å². The zero-order valence-electron chi connectivity index (χ0n) is 21.3. The predicted octanol–water partition coefficient (Wildman–Crippen LogP) is 2.26. The van der Waals surface area contributed by atoms with Crippen LogP contribution in [0.4, 0.5) is 0 Å². The van der Waals surface area contributed by atoms with Crippen molar-refractivity contribution in [1.29, 1.82) is 0 Å². The van der Waals surface area contributed by atoms with E-state index in [4.69, 9.17) is 0 Å². The molecule has 41 heavy (non-hydrogen) atoms. The monoisotopic (exact) mass is 613 g/mol. The number of hydrogen-bond acceptors (Lipinski definition) is 11. The van der Waals surface area contributed by atoms with Gasteiger partial charge in [0.1, 0.15) is 28.2 Å². The van der Waals surface area contributed by atoms with Crippen LogP contribution in [0.25, 0.3) is 0 Å². The van der Waals surface area contributed by atoms with Gasteiger partial charge in [-0.05, 0) is 30.2 Å². The second kappa shape index (κ2) is 11.8. The number of β-lactam (4-membered cyclic amide) rings is 1. The Bertz CT molecular complexity index is 1560. The molecule has 2 aliphatic heterocycles. The number of phenolic OH excluding ortho intramolecular Hbond substituents is 2. The lowest BCUT2D eigenvalue weighted by molar-refractivity contribution is -0.151. The molecule has 0 radical (unpaired) electrons. The molecule has 3 atom stereocenters. The molecule has 1 aromatic heterocycles. The molecule has 3 aromatic rings. The van der Waals surface area contributed by atoms with Crippen LogP contribution in [0.5, 0.6) is 11.5 Å². The summed E-state index contributed by atoms with van der Waals surface area (Å²) < 4.78 is 0.694. The summed E-state index contributed by atoms with van der Waals surface area (Å²) in [7, 11) is 0. The number of carbonyl (C=O) groups excluding carboxylic acids is 3. The van der Waals surface area contributed by atoms with Crippen molar-refractivity contribution in [3.05, 3.63) is 75.9 Å². The molecule has 0 saturated carbocycles. The number of fused-ring (bicyclic) bond motifs is 1. The molecule has 2 aromatic carbocycles. The van der Waals surface area contributed by atoms with Gasteiger partial charge >= 0.3 is 5.97 Å². The number of hydrogen-bond donors (Lipinski definition) is 5. The Morgan fingerprint density at radius 1 is 1.12 bits per heavy atom. The molecule has 15 heteroatoms. The van der Waals surface area contributed by atoms with E-state index >= 15 is 0 Å². The first kappa shape index (κ1) is 28.4. The van der Waals surface area contributed by atoms with E-state index in [2.05, 4.69) is 20.8 Å². The topological polar surface area (TPSA) is 182 Å². The molecule has 0 aliphatic carbocycles. The van der Waals surface area contributed by atoms with Gasteiger partial charge in [-0.3, -0.25) is 19.3 Å². The number of para-hydroxylation sites is 1. The molecular weight excluding hydrogens is 591 g/mol. The second-order valence-corrected chi connectivity index (χ2v) is 12.5. The standard InChI is InChI=1S/C26H23N5O7S3/c1-12-29-30-26(41-12)40-11-14-10-39-24-18(23(36)31(24)19(14)25(37)38)28-22(35)17(13-6-3-2-4-7-13)27-21(34)15-8-5-9-16(32)20(15)33/h2-9,17-18,24,32-33H,10-11H2,1H3,(H,27,34)(H,28,35)(H,37,38)/t17?,18?,24-/m1/s1. The molecule has 3 amide bonds. The average Bonchev–Trinajstić information content (AvgIpc) is 3.39. The van der Waals surface area contributed by atoms with Crippen LogP contribution >= 0.6 is 34.9 Å². The van der Waals surface area contributed by atoms with Crippen LogP contribution in [0.2, 0.25) is 0 Å². The minimum Gasteiger partial charge on any atom is -0.504 e. The van der Waals surface area contributed by atoms with E-state index < -0.39 is 52.6 Å². The number of thioether (sulfide) groups is 2. The van der Waals surface area contributed by atoms with Gasteiger partial charge in [-0.2, -0.15) is 0 Å². The third kappa shape index (κ3) is 5.73. The Morgan fingerprint density at radius 3 is 2.56 bits per heavy atom. The van der Waals surface area contributed by atoms with Crippen LogP contribution in [0, 0.1) is 6.92 Å². The van der Waals surface area contributed by atoms with E-state index in [0.29, 0.717) is 27.0 Å². The largest absolute Gasteiger partial charge is 0.504 e. The molecule has 5 rings (SSSR count). The van der Waals surface area contributed by atoms with Crippen LogP contribution in [0.3, 0.4) is 0 Å². The third-order valence-corrected chi connectivity index (χ3v) is 9.75. The fourth-order valence-corrected chi connectivity index (χ4v) is 7.69. The van der Waals surface area contributed by atoms with Gasteiger partial charge in [0.15, 0.2) is 15.8 Å². The van der Waals surface area contributed by atoms with Gasteiger partial charge < -0.3 is 26.0 Å². The normalized spacial score (nSPS) is 18.8. The number of aliphatic carboxylic acids is 1. The molecule has 2 aliphatic rings. The SMILES string of the molecule is Cc1nnc(SCC2=C(C(=O)O)N3C(=O)C(NC(=O)C(NC(=O)c4cccc(O)c4O)c4ccccc4)[C@H]3SC2)s1. The van der Waals surface area contributed by atoms with Crippen molar-refractivity contribution < 1.29 is 34.5 Å². The number of rotatable bonds is 9. The number of nitrogens with one attached hydrogen (secondary N) is 2. The maximum atomic E-state index is 13.5. The van der Waals surface area contributed by atoms with E-state index in [1.807, 2.05) is 6.92 Å². The highest BCUT2D eigenvalue weighted by Crippen LogP contribution is 2.42. The first-order valence-electron chi connectivity index (χ1n) is 12.2. The number of aryl methyl sites for hydroxylation is 1. The maximum absolute atomic E-state index is 13.5. The van der Waals surface area contributed by atoms with Gasteiger partial charge in [0.2, 0.25) is 5.91 Å². The highest BCUT2D eigenvalue weighted by atomic mass is 32.2. The van der Waals surface area contributed by atoms with Crippen LogP contribution in [0.1, 0.15) is 27.0 Å². The third-order valence-electron chi connectivity index (χ3n) is 6.35. The Kier molecular flexibility index (Phi) is 8.19. The Labute approximate surface area is 245 Å². The summed E-state index contributed by atoms with van der Waals surface area (Å²) in [6.45, 7) is 1.82. The van der Waals surface area contributed by atoms with Crippen molar-refractivity contribution >= 4 is 58.6 Å². The number of nitrogens with zero attached hydrogens (tertiary/aromatic N) is 3. The molecule has 12 nitrogen and oxygen atoms in total. The van der Waals surface area contributed by atoms with E-state index in [1.54, 1.807) is 30.3 Å². The second-order valence-electron chi connectivity index (χ2n) is 9.02. The van der Waals surface area contributed by atoms with Crippen LogP contribution in [-0.2, 0) is 14.4 Å². The smallest absolute Gasteiger partial charge is 0.352 e. The minimum atomic E-state index is -1.25. The number of phenols is 2. The van der Waals surface area contributed by atoms with Crippen molar-refractivity contribution in [1.82, 2.24) is 25.7 Å². The quantitative estimate of drug-likeness (QED) is 0.136. The van der Waals surface area contributed by atoms with Crippen LogP contribution in [-0.4, -0.2) is 77.0 Å². The lowest BCUT2D eigenvalue weighted by atomic mass is 10.0. The lowest BCUT2D eigenvalue weighted by Crippen LogP contribution is -2.71. The Hall–Kier alpha value is -4.08. The molecule has 1 saturated heterocycles. The number of aromatic hydroxyl groups is 2.